The molecule has 0 saturated carbocycles. The van der Waals surface area contributed by atoms with Crippen LogP contribution >= 0.6 is 44.4 Å². The van der Waals surface area contributed by atoms with Crippen molar-refractivity contribution in [2.45, 2.75) is 123 Å². The molecule has 0 aromatic heterocycles. The Labute approximate surface area is 312 Å². The van der Waals surface area contributed by atoms with E-state index in [0.29, 0.717) is 0 Å². The molecule has 0 fully saturated rings. The molecule has 45 heavy (non-hydrogen) atoms. The van der Waals surface area contributed by atoms with Gasteiger partial charge in [-0.3, -0.25) is 11.8 Å². The summed E-state index contributed by atoms with van der Waals surface area (Å²) >= 11 is 7.37. The maximum atomic E-state index is 6.75. The third-order valence-corrected chi connectivity index (χ3v) is 14.5. The molecule has 0 atom stereocenters. The van der Waals surface area contributed by atoms with E-state index in [2.05, 4.69) is 81.9 Å². The fourth-order valence-electron chi connectivity index (χ4n) is 4.39. The van der Waals surface area contributed by atoms with Gasteiger partial charge in [-0.2, -0.15) is 0 Å². The van der Waals surface area contributed by atoms with Gasteiger partial charge < -0.3 is 12.8 Å². The average molecular weight is 915 g/mol. The summed E-state index contributed by atoms with van der Waals surface area (Å²) < 4.78 is 1.03. The Bertz CT molecular complexity index is 833. The smallest absolute Gasteiger partial charge is 0.366 e. The van der Waals surface area contributed by atoms with Gasteiger partial charge in [0.05, 0.1) is 37.0 Å². The molecule has 0 aliphatic carbocycles. The van der Waals surface area contributed by atoms with Gasteiger partial charge in [-0.25, -0.2) is 0 Å². The first-order chi connectivity index (χ1) is 21.3. The van der Waals surface area contributed by atoms with E-state index >= 15 is 0 Å². The summed E-state index contributed by atoms with van der Waals surface area (Å²) in [7, 11) is 0.135. The van der Waals surface area contributed by atoms with Crippen LogP contribution in [0.2, 0.25) is 0 Å². The van der Waals surface area contributed by atoms with E-state index in [-0.39, 0.29) is 36.9 Å². The maximum Gasteiger partial charge on any atom is 2.00 e. The Balaban J connectivity index is -0.000000525. The molecule has 0 aliphatic heterocycles. The van der Waals surface area contributed by atoms with Crippen LogP contribution in [0.4, 0.5) is 0 Å². The van der Waals surface area contributed by atoms with Gasteiger partial charge in [-0.05, 0) is 38.5 Å². The minimum absolute atomic E-state index is 0. The first kappa shape index (κ1) is 49.3. The molecular formula is C40H65BrP2PtS+2. The van der Waals surface area contributed by atoms with Crippen molar-refractivity contribution in [2.75, 3.05) is 37.0 Å². The second-order valence-corrected chi connectivity index (χ2v) is 18.9. The number of benzene rings is 2. The van der Waals surface area contributed by atoms with Gasteiger partial charge in [-0.1, -0.05) is 120 Å². The van der Waals surface area contributed by atoms with Crippen molar-refractivity contribution in [3.05, 3.63) is 77.0 Å². The van der Waals surface area contributed by atoms with Crippen molar-refractivity contribution < 1.29 is 21.1 Å². The SMILES string of the molecule is CCCC[PH+](CCCC)CCCC.CCCC[PH+](CCCC)CCCC.[C-]#Cc1ccc(Br)cc1.[C-]#Cc1ccc(S)cc1.[Pt+2]. The fourth-order valence-corrected chi connectivity index (χ4v) is 11.4. The van der Waals surface area contributed by atoms with E-state index in [1.165, 1.54) is 77.0 Å². The van der Waals surface area contributed by atoms with Crippen LogP contribution in [0.25, 0.3) is 0 Å². The number of hydrogen-bond acceptors (Lipinski definition) is 1. The molecule has 0 aliphatic rings. The predicted molar refractivity (Wildman–Crippen MR) is 216 cm³/mol. The molecule has 0 radical (unpaired) electrons. The number of halogens is 1. The van der Waals surface area contributed by atoms with E-state index in [0.717, 1.165) is 20.5 Å². The van der Waals surface area contributed by atoms with Crippen LogP contribution in [-0.2, 0) is 21.1 Å². The zero-order valence-corrected chi connectivity index (χ0v) is 36.2. The quantitative estimate of drug-likeness (QED) is 0.0655. The Morgan fingerprint density at radius 1 is 0.511 bits per heavy atom. The molecule has 0 nitrogen and oxygen atoms in total. The second kappa shape index (κ2) is 38.4. The minimum Gasteiger partial charge on any atom is -0.366 e. The van der Waals surface area contributed by atoms with Crippen molar-refractivity contribution in [1.29, 1.82) is 0 Å². The molecule has 0 saturated heterocycles. The topological polar surface area (TPSA) is 0 Å². The van der Waals surface area contributed by atoms with Crippen molar-refractivity contribution >= 4 is 44.4 Å². The van der Waals surface area contributed by atoms with Gasteiger partial charge in [0.15, 0.2) is 0 Å². The van der Waals surface area contributed by atoms with Gasteiger partial charge in [0.2, 0.25) is 0 Å². The van der Waals surface area contributed by atoms with Crippen molar-refractivity contribution in [3.8, 4) is 11.8 Å². The van der Waals surface area contributed by atoms with E-state index < -0.39 is 0 Å². The van der Waals surface area contributed by atoms with E-state index in [1.54, 1.807) is 49.1 Å². The van der Waals surface area contributed by atoms with Gasteiger partial charge in [0, 0.05) is 25.2 Å². The Morgan fingerprint density at radius 3 is 0.978 bits per heavy atom. The minimum atomic E-state index is 0. The summed E-state index contributed by atoms with van der Waals surface area (Å²) in [6, 6.07) is 14.7. The molecule has 0 spiro atoms. The van der Waals surface area contributed by atoms with E-state index in [4.69, 9.17) is 12.8 Å². The Morgan fingerprint density at radius 2 is 0.756 bits per heavy atom. The van der Waals surface area contributed by atoms with Crippen LogP contribution < -0.4 is 0 Å². The first-order valence-electron chi connectivity index (χ1n) is 17.4. The second-order valence-electron chi connectivity index (χ2n) is 11.4. The molecule has 2 aromatic carbocycles. The standard InChI is InChI=1S/2C12H27P.C8H4Br.C8H5S.Pt/c2*1-4-7-10-13(11-8-5-2)12-9-6-3;2*1-2-7-3-5-8(9)6-4-7;/h2*4-12H2,1-3H3;3-6H;3-6,9H;/q;;2*-1;+2/p+2. The van der Waals surface area contributed by atoms with Crippen LogP contribution in [0, 0.1) is 24.7 Å². The van der Waals surface area contributed by atoms with Crippen molar-refractivity contribution in [3.63, 3.8) is 0 Å². The number of hydrogen-bond donors (Lipinski definition) is 1. The first-order valence-corrected chi connectivity index (χ1v) is 22.9. The van der Waals surface area contributed by atoms with E-state index in [9.17, 15) is 0 Å². The normalized spacial score (nSPS) is 9.78. The van der Waals surface area contributed by atoms with Crippen LogP contribution in [0.15, 0.2) is 57.9 Å². The number of thiol groups is 1. The molecule has 5 heteroatoms. The largest absolute Gasteiger partial charge is 2.00 e. The molecule has 0 heterocycles. The van der Waals surface area contributed by atoms with Crippen molar-refractivity contribution in [1.82, 2.24) is 0 Å². The summed E-state index contributed by atoms with van der Waals surface area (Å²) in [6.45, 7) is 13.9. The number of unbranched alkanes of at least 4 members (excludes halogenated alkanes) is 6. The molecule has 0 bridgehead atoms. The van der Waals surface area contributed by atoms with Crippen LogP contribution in [0.5, 0.6) is 0 Å². The zero-order valence-electron chi connectivity index (χ0n) is 29.5. The molecule has 0 unspecified atom stereocenters. The van der Waals surface area contributed by atoms with Crippen molar-refractivity contribution in [2.24, 2.45) is 0 Å². The Hall–Kier alpha value is -0.0617. The van der Waals surface area contributed by atoms with Crippen LogP contribution in [0.3, 0.4) is 0 Å². The third-order valence-electron chi connectivity index (χ3n) is 7.30. The zero-order chi connectivity index (χ0) is 33.3. The van der Waals surface area contributed by atoms with Gasteiger partial charge in [0.1, 0.15) is 0 Å². The summed E-state index contributed by atoms with van der Waals surface area (Å²) in [5, 5.41) is 0. The van der Waals surface area contributed by atoms with Crippen LogP contribution in [0.1, 0.15) is 130 Å². The number of rotatable bonds is 18. The molecule has 256 valence electrons. The van der Waals surface area contributed by atoms with E-state index in [1.807, 2.05) is 36.4 Å². The summed E-state index contributed by atoms with van der Waals surface area (Å²) in [5.41, 5.74) is 1.59. The molecule has 0 N–H and O–H groups in total. The summed E-state index contributed by atoms with van der Waals surface area (Å²) in [5.74, 6) is 4.55. The van der Waals surface area contributed by atoms with Gasteiger partial charge in [-0.15, -0.1) is 48.0 Å². The monoisotopic (exact) mass is 913 g/mol. The summed E-state index contributed by atoms with van der Waals surface area (Å²) in [4.78, 5) is 0.911. The molecule has 0 amide bonds. The van der Waals surface area contributed by atoms with Crippen LogP contribution in [-0.4, -0.2) is 37.0 Å². The van der Waals surface area contributed by atoms with Gasteiger partial charge >= 0.3 is 21.1 Å². The third kappa shape index (κ3) is 33.6. The molecule has 2 aromatic rings. The van der Waals surface area contributed by atoms with Gasteiger partial charge in [0.25, 0.3) is 0 Å². The predicted octanol–water partition coefficient (Wildman–Crippen LogP) is 13.5. The fraction of sp³-hybridized carbons (Fsp3) is 0.600. The molecule has 2 rings (SSSR count). The summed E-state index contributed by atoms with van der Waals surface area (Å²) in [6.07, 6.45) is 40.3. The average Bonchev–Trinajstić information content (AvgIpc) is 3.05. The maximum absolute atomic E-state index is 6.75. The Kier molecular flexibility index (Phi) is 42.1. The molecular weight excluding hydrogens is 849 g/mol.